The van der Waals surface area contributed by atoms with Gasteiger partial charge in [0.05, 0.1) is 0 Å². The van der Waals surface area contributed by atoms with Gasteiger partial charge in [0.25, 0.3) is 5.22 Å². The Bertz CT molecular complexity index is 557. The molecule has 2 aromatic rings. The highest BCUT2D eigenvalue weighted by molar-refractivity contribution is 9.10. The molecule has 0 saturated heterocycles. The first-order valence-electron chi connectivity index (χ1n) is 6.04. The van der Waals surface area contributed by atoms with Crippen LogP contribution < -0.4 is 5.32 Å². The normalized spacial score (nSPS) is 11.2. The van der Waals surface area contributed by atoms with E-state index in [9.17, 15) is 0 Å². The molecular weight excluding hydrogens is 326 g/mol. The molecule has 0 fully saturated rings. The number of benzene rings is 1. The van der Waals surface area contributed by atoms with Gasteiger partial charge in [-0.15, -0.1) is 10.2 Å². The summed E-state index contributed by atoms with van der Waals surface area (Å²) in [6, 6.07) is 6.76. The maximum atomic E-state index is 5.36. The zero-order valence-corrected chi connectivity index (χ0v) is 13.5. The lowest BCUT2D eigenvalue weighted by Gasteiger charge is -2.09. The van der Waals surface area contributed by atoms with Gasteiger partial charge in [-0.05, 0) is 45.4 Å². The molecule has 1 heterocycles. The van der Waals surface area contributed by atoms with Crippen LogP contribution in [0.15, 0.2) is 37.2 Å². The second kappa shape index (κ2) is 6.54. The van der Waals surface area contributed by atoms with E-state index in [1.165, 1.54) is 17.3 Å². The topological polar surface area (TPSA) is 51.0 Å². The van der Waals surface area contributed by atoms with Gasteiger partial charge in [0, 0.05) is 28.9 Å². The Hall–Kier alpha value is -0.850. The molecule has 0 unspecified atom stereocenters. The van der Waals surface area contributed by atoms with Gasteiger partial charge in [-0.2, -0.15) is 0 Å². The summed E-state index contributed by atoms with van der Waals surface area (Å²) in [6.45, 7) is 6.92. The van der Waals surface area contributed by atoms with Gasteiger partial charge in [-0.3, -0.25) is 0 Å². The third-order valence-electron chi connectivity index (χ3n) is 2.42. The Morgan fingerprint density at radius 3 is 2.74 bits per heavy atom. The Morgan fingerprint density at radius 1 is 1.37 bits per heavy atom. The van der Waals surface area contributed by atoms with Crippen molar-refractivity contribution in [2.45, 2.75) is 43.5 Å². The first-order chi connectivity index (χ1) is 9.04. The van der Waals surface area contributed by atoms with E-state index in [1.807, 2.05) is 0 Å². The van der Waals surface area contributed by atoms with E-state index in [0.29, 0.717) is 17.2 Å². The lowest BCUT2D eigenvalue weighted by atomic mass is 10.2. The van der Waals surface area contributed by atoms with Crippen LogP contribution in [0.4, 0.5) is 0 Å². The van der Waals surface area contributed by atoms with Crippen LogP contribution in [0.2, 0.25) is 0 Å². The summed E-state index contributed by atoms with van der Waals surface area (Å²) < 4.78 is 6.40. The summed E-state index contributed by atoms with van der Waals surface area (Å²) in [5.41, 5.74) is 1.24. The molecule has 19 heavy (non-hydrogen) atoms. The number of hydrogen-bond acceptors (Lipinski definition) is 5. The first kappa shape index (κ1) is 14.6. The highest BCUT2D eigenvalue weighted by Gasteiger charge is 2.09. The third kappa shape index (κ3) is 4.33. The van der Waals surface area contributed by atoms with Crippen LogP contribution in [0.25, 0.3) is 0 Å². The van der Waals surface area contributed by atoms with Gasteiger partial charge >= 0.3 is 0 Å². The summed E-state index contributed by atoms with van der Waals surface area (Å²) in [7, 11) is 0. The maximum absolute atomic E-state index is 5.36. The molecular formula is C13H16BrN3OS. The van der Waals surface area contributed by atoms with E-state index in [2.05, 4.69) is 63.5 Å². The van der Waals surface area contributed by atoms with Crippen molar-refractivity contribution in [2.75, 3.05) is 0 Å². The van der Waals surface area contributed by atoms with Crippen LogP contribution in [-0.2, 0) is 6.54 Å². The number of nitrogens with one attached hydrogen (secondary N) is 1. The minimum absolute atomic E-state index is 0.481. The van der Waals surface area contributed by atoms with Crippen molar-refractivity contribution in [1.29, 1.82) is 0 Å². The highest BCUT2D eigenvalue weighted by Crippen LogP contribution is 2.33. The fraction of sp³-hybridized carbons (Fsp3) is 0.385. The Morgan fingerprint density at radius 2 is 2.16 bits per heavy atom. The third-order valence-corrected chi connectivity index (χ3v) is 4.25. The van der Waals surface area contributed by atoms with Crippen molar-refractivity contribution < 1.29 is 4.42 Å². The van der Waals surface area contributed by atoms with Crippen molar-refractivity contribution in [2.24, 2.45) is 0 Å². The van der Waals surface area contributed by atoms with Gasteiger partial charge in [-0.1, -0.05) is 19.9 Å². The van der Waals surface area contributed by atoms with Gasteiger partial charge < -0.3 is 9.73 Å². The van der Waals surface area contributed by atoms with Crippen LogP contribution >= 0.6 is 27.7 Å². The van der Waals surface area contributed by atoms with E-state index < -0.39 is 0 Å². The number of hydrogen-bond donors (Lipinski definition) is 1. The molecule has 0 saturated carbocycles. The zero-order chi connectivity index (χ0) is 13.8. The summed E-state index contributed by atoms with van der Waals surface area (Å²) in [6.07, 6.45) is 0. The van der Waals surface area contributed by atoms with Gasteiger partial charge in [0.15, 0.2) is 0 Å². The molecule has 1 aromatic carbocycles. The quantitative estimate of drug-likeness (QED) is 0.896. The predicted molar refractivity (Wildman–Crippen MR) is 79.3 cm³/mol. The Kier molecular flexibility index (Phi) is 5.01. The average Bonchev–Trinajstić information content (AvgIpc) is 2.75. The second-order valence-corrected chi connectivity index (χ2v) is 6.34. The van der Waals surface area contributed by atoms with Gasteiger partial charge in [-0.25, -0.2) is 0 Å². The van der Waals surface area contributed by atoms with E-state index in [-0.39, 0.29) is 0 Å². The summed E-state index contributed by atoms with van der Waals surface area (Å²) in [5, 5.41) is 11.7. The SMILES string of the molecule is Cc1nnc(Sc2ccc(CNC(C)C)cc2Br)o1. The van der Waals surface area contributed by atoms with E-state index in [1.54, 1.807) is 6.92 Å². The summed E-state index contributed by atoms with van der Waals surface area (Å²) >= 11 is 5.04. The minimum Gasteiger partial charge on any atom is -0.416 e. The molecule has 0 radical (unpaired) electrons. The molecule has 2 rings (SSSR count). The van der Waals surface area contributed by atoms with Crippen LogP contribution in [0.5, 0.6) is 0 Å². The molecule has 0 aliphatic heterocycles. The van der Waals surface area contributed by atoms with Crippen LogP contribution in [0.3, 0.4) is 0 Å². The van der Waals surface area contributed by atoms with Gasteiger partial charge in [0.2, 0.25) is 5.89 Å². The molecule has 0 bridgehead atoms. The van der Waals surface area contributed by atoms with Crippen molar-refractivity contribution in [3.05, 3.63) is 34.1 Å². The molecule has 1 N–H and O–H groups in total. The molecule has 0 spiro atoms. The molecule has 1 aromatic heterocycles. The second-order valence-electron chi connectivity index (χ2n) is 4.49. The van der Waals surface area contributed by atoms with Crippen molar-refractivity contribution in [3.8, 4) is 0 Å². The number of aryl methyl sites for hydroxylation is 1. The lowest BCUT2D eigenvalue weighted by Crippen LogP contribution is -2.21. The number of aromatic nitrogens is 2. The Balaban J connectivity index is 2.06. The zero-order valence-electron chi connectivity index (χ0n) is 11.1. The maximum Gasteiger partial charge on any atom is 0.281 e. The van der Waals surface area contributed by atoms with E-state index in [0.717, 1.165) is 15.9 Å². The minimum atomic E-state index is 0.481. The monoisotopic (exact) mass is 341 g/mol. The number of nitrogens with zero attached hydrogens (tertiary/aromatic N) is 2. The predicted octanol–water partition coefficient (Wildman–Crippen LogP) is 3.79. The first-order valence-corrected chi connectivity index (χ1v) is 7.65. The fourth-order valence-corrected chi connectivity index (χ4v) is 2.87. The van der Waals surface area contributed by atoms with E-state index in [4.69, 9.17) is 4.42 Å². The lowest BCUT2D eigenvalue weighted by molar-refractivity contribution is 0.429. The van der Waals surface area contributed by atoms with Gasteiger partial charge in [0.1, 0.15) is 0 Å². The molecule has 4 nitrogen and oxygen atoms in total. The largest absolute Gasteiger partial charge is 0.416 e. The van der Waals surface area contributed by atoms with Crippen LogP contribution in [0, 0.1) is 6.92 Å². The molecule has 0 atom stereocenters. The molecule has 0 aliphatic rings. The van der Waals surface area contributed by atoms with E-state index >= 15 is 0 Å². The molecule has 0 aliphatic carbocycles. The molecule has 0 amide bonds. The summed E-state index contributed by atoms with van der Waals surface area (Å²) in [5.74, 6) is 0.580. The van der Waals surface area contributed by atoms with Crippen molar-refractivity contribution >= 4 is 27.7 Å². The standard InChI is InChI=1S/C13H16BrN3OS/c1-8(2)15-7-10-4-5-12(11(14)6-10)19-13-17-16-9(3)18-13/h4-6,8,15H,7H2,1-3H3. The fourth-order valence-electron chi connectivity index (χ4n) is 1.47. The number of halogens is 1. The highest BCUT2D eigenvalue weighted by atomic mass is 79.9. The number of rotatable bonds is 5. The van der Waals surface area contributed by atoms with Crippen molar-refractivity contribution in [3.63, 3.8) is 0 Å². The summed E-state index contributed by atoms with van der Waals surface area (Å²) in [4.78, 5) is 1.07. The van der Waals surface area contributed by atoms with Crippen molar-refractivity contribution in [1.82, 2.24) is 15.5 Å². The molecule has 102 valence electrons. The smallest absolute Gasteiger partial charge is 0.281 e. The van der Waals surface area contributed by atoms with Crippen LogP contribution in [0.1, 0.15) is 25.3 Å². The Labute approximate surface area is 125 Å². The van der Waals surface area contributed by atoms with Crippen LogP contribution in [-0.4, -0.2) is 16.2 Å². The molecule has 6 heteroatoms. The average molecular weight is 342 g/mol.